The maximum absolute atomic E-state index is 11.6. The van der Waals surface area contributed by atoms with Gasteiger partial charge >= 0.3 is 5.97 Å². The van der Waals surface area contributed by atoms with Crippen LogP contribution < -0.4 is 11.1 Å². The molecule has 0 aromatic carbocycles. The second-order valence-electron chi connectivity index (χ2n) is 4.07. The van der Waals surface area contributed by atoms with Crippen LogP contribution in [0, 0.1) is 13.8 Å². The Bertz CT molecular complexity index is 585. The van der Waals surface area contributed by atoms with Crippen molar-refractivity contribution in [2.45, 2.75) is 20.4 Å². The Morgan fingerprint density at radius 2 is 2.26 bits per heavy atom. The second-order valence-corrected chi connectivity index (χ2v) is 6.18. The van der Waals surface area contributed by atoms with E-state index in [4.69, 9.17) is 10.5 Å². The Balaban J connectivity index is 2.13. The van der Waals surface area contributed by atoms with Gasteiger partial charge < -0.3 is 15.8 Å². The quantitative estimate of drug-likeness (QED) is 0.849. The minimum atomic E-state index is -0.465. The minimum Gasteiger partial charge on any atom is -0.465 e. The zero-order valence-electron chi connectivity index (χ0n) is 10.9. The summed E-state index contributed by atoms with van der Waals surface area (Å²) >= 11 is 2.90. The first-order chi connectivity index (χ1) is 9.02. The van der Waals surface area contributed by atoms with Crippen LogP contribution >= 0.6 is 22.9 Å². The Kier molecular flexibility index (Phi) is 4.06. The first-order valence-electron chi connectivity index (χ1n) is 5.66. The number of nitrogens with one attached hydrogen (secondary N) is 1. The van der Waals surface area contributed by atoms with Crippen molar-refractivity contribution in [3.63, 3.8) is 0 Å². The van der Waals surface area contributed by atoms with Crippen molar-refractivity contribution in [2.75, 3.05) is 18.2 Å². The highest BCUT2D eigenvalue weighted by molar-refractivity contribution is 7.12. The van der Waals surface area contributed by atoms with E-state index in [-0.39, 0.29) is 5.82 Å². The molecule has 0 spiro atoms. The number of ether oxygens (including phenoxy) is 1. The summed E-state index contributed by atoms with van der Waals surface area (Å²) in [4.78, 5) is 14.1. The summed E-state index contributed by atoms with van der Waals surface area (Å²) in [6.07, 6.45) is 0. The van der Waals surface area contributed by atoms with Crippen LogP contribution in [0.15, 0.2) is 6.07 Å². The van der Waals surface area contributed by atoms with Crippen LogP contribution in [0.4, 0.5) is 10.8 Å². The summed E-state index contributed by atoms with van der Waals surface area (Å²) in [7, 11) is 1.33. The maximum Gasteiger partial charge on any atom is 0.344 e. The number of nitrogens with zero attached hydrogens (tertiary/aromatic N) is 1. The van der Waals surface area contributed by atoms with Gasteiger partial charge in [-0.3, -0.25) is 0 Å². The number of nitrogen functional groups attached to an aromatic ring is 1. The van der Waals surface area contributed by atoms with E-state index in [9.17, 15) is 4.79 Å². The molecule has 0 aliphatic carbocycles. The number of carbonyl (C=O) groups excluding carboxylic acids is 1. The Morgan fingerprint density at radius 3 is 2.84 bits per heavy atom. The van der Waals surface area contributed by atoms with E-state index in [0.717, 1.165) is 0 Å². The maximum atomic E-state index is 11.6. The number of hydrogen-bond acceptors (Lipinski definition) is 7. The van der Waals surface area contributed by atoms with Crippen molar-refractivity contribution in [3.8, 4) is 0 Å². The van der Waals surface area contributed by atoms with Crippen molar-refractivity contribution < 1.29 is 9.53 Å². The lowest BCUT2D eigenvalue weighted by Gasteiger charge is -2.04. The number of anilines is 2. The molecule has 0 atom stereocenters. The fourth-order valence-electron chi connectivity index (χ4n) is 1.63. The Labute approximate surface area is 119 Å². The largest absolute Gasteiger partial charge is 0.465 e. The van der Waals surface area contributed by atoms with Crippen molar-refractivity contribution in [3.05, 3.63) is 26.9 Å². The first kappa shape index (κ1) is 13.8. The van der Waals surface area contributed by atoms with Gasteiger partial charge in [0.1, 0.15) is 10.6 Å². The number of esters is 1. The highest BCUT2D eigenvalue weighted by Crippen LogP contribution is 2.29. The van der Waals surface area contributed by atoms with Gasteiger partial charge in [-0.05, 0) is 37.0 Å². The molecule has 102 valence electrons. The molecule has 0 unspecified atom stereocenters. The molecule has 0 fully saturated rings. The van der Waals surface area contributed by atoms with E-state index in [1.165, 1.54) is 34.0 Å². The monoisotopic (exact) mass is 297 g/mol. The molecule has 19 heavy (non-hydrogen) atoms. The van der Waals surface area contributed by atoms with E-state index in [1.54, 1.807) is 11.3 Å². The predicted molar refractivity (Wildman–Crippen MR) is 79.0 cm³/mol. The van der Waals surface area contributed by atoms with Gasteiger partial charge in [0, 0.05) is 9.75 Å². The number of carbonyl (C=O) groups is 1. The zero-order valence-corrected chi connectivity index (χ0v) is 12.6. The van der Waals surface area contributed by atoms with E-state index < -0.39 is 5.97 Å². The van der Waals surface area contributed by atoms with E-state index in [1.807, 2.05) is 0 Å². The van der Waals surface area contributed by atoms with E-state index in [0.29, 0.717) is 17.1 Å². The number of aromatic nitrogens is 1. The molecule has 0 amide bonds. The molecule has 0 radical (unpaired) electrons. The molecular weight excluding hydrogens is 282 g/mol. The smallest absolute Gasteiger partial charge is 0.344 e. The highest BCUT2D eigenvalue weighted by Gasteiger charge is 2.19. The SMILES string of the molecule is COC(=O)c1c(N)nsc1NCc1cc(C)c(C)s1. The summed E-state index contributed by atoms with van der Waals surface area (Å²) in [5, 5.41) is 3.84. The molecular formula is C12H15N3O2S2. The number of hydrogen-bond donors (Lipinski definition) is 2. The number of thiophene rings is 1. The third-order valence-electron chi connectivity index (χ3n) is 2.75. The van der Waals surface area contributed by atoms with Gasteiger partial charge in [0.2, 0.25) is 0 Å². The van der Waals surface area contributed by atoms with Gasteiger partial charge in [0.05, 0.1) is 13.7 Å². The van der Waals surface area contributed by atoms with Crippen LogP contribution in [0.5, 0.6) is 0 Å². The summed E-state index contributed by atoms with van der Waals surface area (Å²) in [6, 6.07) is 2.13. The highest BCUT2D eigenvalue weighted by atomic mass is 32.1. The lowest BCUT2D eigenvalue weighted by Crippen LogP contribution is -2.07. The van der Waals surface area contributed by atoms with Gasteiger partial charge in [0.25, 0.3) is 0 Å². The topological polar surface area (TPSA) is 77.2 Å². The van der Waals surface area contributed by atoms with Crippen LogP contribution in [0.25, 0.3) is 0 Å². The van der Waals surface area contributed by atoms with Gasteiger partial charge in [0.15, 0.2) is 5.82 Å². The van der Waals surface area contributed by atoms with Crippen molar-refractivity contribution >= 4 is 39.7 Å². The number of aryl methyl sites for hydroxylation is 2. The predicted octanol–water partition coefficient (Wildman–Crippen LogP) is 2.80. The van der Waals surface area contributed by atoms with Crippen LogP contribution in [0.1, 0.15) is 25.7 Å². The molecule has 0 saturated heterocycles. The lowest BCUT2D eigenvalue weighted by molar-refractivity contribution is 0.0603. The zero-order chi connectivity index (χ0) is 14.0. The molecule has 0 aliphatic heterocycles. The third kappa shape index (κ3) is 2.87. The van der Waals surface area contributed by atoms with Gasteiger partial charge in [-0.1, -0.05) is 0 Å². The molecule has 2 rings (SSSR count). The van der Waals surface area contributed by atoms with Gasteiger partial charge in [-0.2, -0.15) is 4.37 Å². The van der Waals surface area contributed by atoms with Crippen molar-refractivity contribution in [1.29, 1.82) is 0 Å². The van der Waals surface area contributed by atoms with Gasteiger partial charge in [-0.15, -0.1) is 11.3 Å². The summed E-state index contributed by atoms with van der Waals surface area (Å²) in [6.45, 7) is 4.82. The number of methoxy groups -OCH3 is 1. The minimum absolute atomic E-state index is 0.206. The number of nitrogens with two attached hydrogens (primary N) is 1. The normalized spacial score (nSPS) is 10.5. The molecule has 7 heteroatoms. The summed E-state index contributed by atoms with van der Waals surface area (Å²) < 4.78 is 8.68. The summed E-state index contributed by atoms with van der Waals surface area (Å²) in [5.41, 5.74) is 7.27. The second kappa shape index (κ2) is 5.58. The summed E-state index contributed by atoms with van der Waals surface area (Å²) in [5.74, 6) is -0.259. The van der Waals surface area contributed by atoms with Crippen molar-refractivity contribution in [1.82, 2.24) is 4.37 Å². The molecule has 2 aromatic rings. The lowest BCUT2D eigenvalue weighted by atomic mass is 10.3. The molecule has 3 N–H and O–H groups in total. The van der Waals surface area contributed by atoms with E-state index in [2.05, 4.69) is 29.6 Å². The van der Waals surface area contributed by atoms with Crippen LogP contribution in [-0.2, 0) is 11.3 Å². The van der Waals surface area contributed by atoms with Crippen LogP contribution in [0.2, 0.25) is 0 Å². The Hall–Kier alpha value is -1.60. The fourth-order valence-corrected chi connectivity index (χ4v) is 3.32. The Morgan fingerprint density at radius 1 is 1.53 bits per heavy atom. The first-order valence-corrected chi connectivity index (χ1v) is 7.25. The molecule has 2 heterocycles. The third-order valence-corrected chi connectivity index (χ3v) is 4.72. The van der Waals surface area contributed by atoms with E-state index >= 15 is 0 Å². The van der Waals surface area contributed by atoms with Crippen LogP contribution in [0.3, 0.4) is 0 Å². The average Bonchev–Trinajstić information content (AvgIpc) is 2.90. The molecule has 0 bridgehead atoms. The number of rotatable bonds is 4. The standard InChI is InChI=1S/C12H15N3O2S2/c1-6-4-8(18-7(6)2)5-14-11-9(12(16)17-3)10(13)15-19-11/h4,14H,5H2,1-3H3,(H2,13,15). The molecule has 5 nitrogen and oxygen atoms in total. The molecule has 0 aliphatic rings. The van der Waals surface area contributed by atoms with Crippen molar-refractivity contribution in [2.24, 2.45) is 0 Å². The molecule has 2 aromatic heterocycles. The molecule has 0 saturated carbocycles. The average molecular weight is 297 g/mol. The van der Waals surface area contributed by atoms with Gasteiger partial charge in [-0.25, -0.2) is 4.79 Å². The van der Waals surface area contributed by atoms with Crippen LogP contribution in [-0.4, -0.2) is 17.5 Å². The fraction of sp³-hybridized carbons (Fsp3) is 0.333.